The van der Waals surface area contributed by atoms with Crippen LogP contribution in [0.2, 0.25) is 0 Å². The molecule has 0 bridgehead atoms. The van der Waals surface area contributed by atoms with Gasteiger partial charge in [0.1, 0.15) is 0 Å². The van der Waals surface area contributed by atoms with Gasteiger partial charge in [0.2, 0.25) is 0 Å². The fourth-order valence-corrected chi connectivity index (χ4v) is 3.49. The molecular weight excluding hydrogens is 242 g/mol. The zero-order valence-electron chi connectivity index (χ0n) is 12.9. The summed E-state index contributed by atoms with van der Waals surface area (Å²) < 4.78 is 0. The van der Waals surface area contributed by atoms with Gasteiger partial charge in [0.25, 0.3) is 0 Å². The Labute approximate surface area is 122 Å². The maximum Gasteiger partial charge on any atom is 0.0298 e. The SMILES string of the molecule is Cc1cc(C)c(Cc2cccc3c2CNC3C)c(C)c1. The van der Waals surface area contributed by atoms with Crippen molar-refractivity contribution < 1.29 is 0 Å². The Hall–Kier alpha value is -1.60. The van der Waals surface area contributed by atoms with Crippen molar-refractivity contribution in [1.82, 2.24) is 5.32 Å². The van der Waals surface area contributed by atoms with Crippen LogP contribution in [0.3, 0.4) is 0 Å². The van der Waals surface area contributed by atoms with Gasteiger partial charge in [-0.2, -0.15) is 0 Å². The lowest BCUT2D eigenvalue weighted by molar-refractivity contribution is 0.633. The Morgan fingerprint density at radius 1 is 1.10 bits per heavy atom. The van der Waals surface area contributed by atoms with E-state index >= 15 is 0 Å². The van der Waals surface area contributed by atoms with Gasteiger partial charge >= 0.3 is 0 Å². The van der Waals surface area contributed by atoms with Crippen LogP contribution in [0.4, 0.5) is 0 Å². The molecule has 0 radical (unpaired) electrons. The smallest absolute Gasteiger partial charge is 0.0298 e. The molecule has 2 aromatic rings. The minimum Gasteiger partial charge on any atom is -0.306 e. The molecule has 1 aliphatic rings. The van der Waals surface area contributed by atoms with Gasteiger partial charge in [0, 0.05) is 12.6 Å². The van der Waals surface area contributed by atoms with E-state index in [-0.39, 0.29) is 0 Å². The molecule has 0 aromatic heterocycles. The van der Waals surface area contributed by atoms with Crippen LogP contribution in [0.5, 0.6) is 0 Å². The Bertz CT molecular complexity index is 632. The highest BCUT2D eigenvalue weighted by Gasteiger charge is 2.20. The van der Waals surface area contributed by atoms with Crippen molar-refractivity contribution in [2.75, 3.05) is 0 Å². The molecule has 0 fully saturated rings. The predicted molar refractivity (Wildman–Crippen MR) is 85.2 cm³/mol. The monoisotopic (exact) mass is 265 g/mol. The van der Waals surface area contributed by atoms with Crippen LogP contribution in [0.1, 0.15) is 51.9 Å². The van der Waals surface area contributed by atoms with E-state index < -0.39 is 0 Å². The van der Waals surface area contributed by atoms with E-state index in [4.69, 9.17) is 0 Å². The molecule has 1 aliphatic heterocycles. The first-order valence-corrected chi connectivity index (χ1v) is 7.47. The van der Waals surface area contributed by atoms with Gasteiger partial charge in [-0.1, -0.05) is 35.9 Å². The fraction of sp³-hybridized carbons (Fsp3) is 0.368. The normalized spacial score (nSPS) is 17.3. The van der Waals surface area contributed by atoms with Crippen LogP contribution >= 0.6 is 0 Å². The molecule has 0 spiro atoms. The lowest BCUT2D eigenvalue weighted by atomic mass is 9.91. The minimum atomic E-state index is 0.491. The molecule has 2 aromatic carbocycles. The van der Waals surface area contributed by atoms with Crippen molar-refractivity contribution >= 4 is 0 Å². The van der Waals surface area contributed by atoms with Crippen LogP contribution in [0, 0.1) is 20.8 Å². The standard InChI is InChI=1S/C19H23N/c1-12-8-13(2)18(14(3)9-12)10-16-6-5-7-17-15(4)20-11-19(16)17/h5-9,15,20H,10-11H2,1-4H3. The van der Waals surface area contributed by atoms with Crippen LogP contribution in [-0.4, -0.2) is 0 Å². The van der Waals surface area contributed by atoms with Crippen molar-refractivity contribution in [1.29, 1.82) is 0 Å². The van der Waals surface area contributed by atoms with Crippen LogP contribution in [-0.2, 0) is 13.0 Å². The number of nitrogens with one attached hydrogen (secondary N) is 1. The third-order valence-corrected chi connectivity index (χ3v) is 4.57. The van der Waals surface area contributed by atoms with E-state index in [0.29, 0.717) is 6.04 Å². The van der Waals surface area contributed by atoms with Crippen LogP contribution < -0.4 is 5.32 Å². The first kappa shape index (κ1) is 13.4. The summed E-state index contributed by atoms with van der Waals surface area (Å²) in [6.07, 6.45) is 1.05. The molecule has 1 heterocycles. The lowest BCUT2D eigenvalue weighted by Crippen LogP contribution is -2.07. The number of benzene rings is 2. The molecular formula is C19H23N. The highest BCUT2D eigenvalue weighted by molar-refractivity contribution is 5.46. The number of hydrogen-bond acceptors (Lipinski definition) is 1. The molecule has 1 heteroatoms. The molecule has 1 unspecified atom stereocenters. The van der Waals surface area contributed by atoms with E-state index in [9.17, 15) is 0 Å². The number of fused-ring (bicyclic) bond motifs is 1. The largest absolute Gasteiger partial charge is 0.306 e. The maximum atomic E-state index is 3.55. The third-order valence-electron chi connectivity index (χ3n) is 4.57. The second-order valence-corrected chi connectivity index (χ2v) is 6.14. The maximum absolute atomic E-state index is 3.55. The number of hydrogen-bond donors (Lipinski definition) is 1. The number of rotatable bonds is 2. The summed E-state index contributed by atoms with van der Waals surface area (Å²) in [7, 11) is 0. The molecule has 0 saturated heterocycles. The zero-order valence-corrected chi connectivity index (χ0v) is 12.9. The summed E-state index contributed by atoms with van der Waals surface area (Å²) >= 11 is 0. The average Bonchev–Trinajstić information content (AvgIpc) is 2.77. The predicted octanol–water partition coefficient (Wildman–Crippen LogP) is 4.37. The van der Waals surface area contributed by atoms with E-state index in [1.807, 2.05) is 0 Å². The molecule has 104 valence electrons. The van der Waals surface area contributed by atoms with Crippen molar-refractivity contribution in [2.24, 2.45) is 0 Å². The van der Waals surface area contributed by atoms with E-state index in [0.717, 1.165) is 13.0 Å². The molecule has 20 heavy (non-hydrogen) atoms. The second kappa shape index (κ2) is 5.06. The topological polar surface area (TPSA) is 12.0 Å². The van der Waals surface area contributed by atoms with Gasteiger partial charge in [0.15, 0.2) is 0 Å². The van der Waals surface area contributed by atoms with E-state index in [1.165, 1.54) is 38.9 Å². The van der Waals surface area contributed by atoms with Gasteiger partial charge in [-0.05, 0) is 67.5 Å². The first-order valence-electron chi connectivity index (χ1n) is 7.47. The molecule has 3 rings (SSSR count). The van der Waals surface area contributed by atoms with Gasteiger partial charge in [-0.25, -0.2) is 0 Å². The molecule has 1 atom stereocenters. The average molecular weight is 265 g/mol. The van der Waals surface area contributed by atoms with Gasteiger partial charge in [-0.15, -0.1) is 0 Å². The van der Waals surface area contributed by atoms with Crippen molar-refractivity contribution in [3.63, 3.8) is 0 Å². The lowest BCUT2D eigenvalue weighted by Gasteiger charge is -2.14. The summed E-state index contributed by atoms with van der Waals surface area (Å²) in [6.45, 7) is 9.91. The first-order chi connectivity index (χ1) is 9.56. The Morgan fingerprint density at radius 3 is 2.50 bits per heavy atom. The van der Waals surface area contributed by atoms with E-state index in [2.05, 4.69) is 63.3 Å². The summed E-state index contributed by atoms with van der Waals surface area (Å²) in [5.41, 5.74) is 10.2. The third kappa shape index (κ3) is 2.27. The van der Waals surface area contributed by atoms with Crippen LogP contribution in [0.25, 0.3) is 0 Å². The van der Waals surface area contributed by atoms with Gasteiger partial charge in [0.05, 0.1) is 0 Å². The van der Waals surface area contributed by atoms with Crippen molar-refractivity contribution in [3.8, 4) is 0 Å². The molecule has 0 aliphatic carbocycles. The zero-order chi connectivity index (χ0) is 14.3. The summed E-state index contributed by atoms with van der Waals surface area (Å²) in [4.78, 5) is 0. The van der Waals surface area contributed by atoms with Crippen molar-refractivity contribution in [2.45, 2.75) is 46.7 Å². The summed E-state index contributed by atoms with van der Waals surface area (Å²) in [5, 5.41) is 3.55. The Morgan fingerprint density at radius 2 is 1.80 bits per heavy atom. The number of aryl methyl sites for hydroxylation is 3. The van der Waals surface area contributed by atoms with Gasteiger partial charge < -0.3 is 5.32 Å². The Kier molecular flexibility index (Phi) is 3.39. The molecule has 1 N–H and O–H groups in total. The highest BCUT2D eigenvalue weighted by Crippen LogP contribution is 2.30. The quantitative estimate of drug-likeness (QED) is 0.850. The van der Waals surface area contributed by atoms with Crippen LogP contribution in [0.15, 0.2) is 30.3 Å². The second-order valence-electron chi connectivity index (χ2n) is 6.14. The van der Waals surface area contributed by atoms with Crippen molar-refractivity contribution in [3.05, 3.63) is 69.3 Å². The van der Waals surface area contributed by atoms with Gasteiger partial charge in [-0.3, -0.25) is 0 Å². The molecule has 0 saturated carbocycles. The molecule has 1 nitrogen and oxygen atoms in total. The highest BCUT2D eigenvalue weighted by atomic mass is 14.9. The Balaban J connectivity index is 2.01. The minimum absolute atomic E-state index is 0.491. The summed E-state index contributed by atoms with van der Waals surface area (Å²) in [6, 6.07) is 11.8. The fourth-order valence-electron chi connectivity index (χ4n) is 3.49. The van der Waals surface area contributed by atoms with E-state index in [1.54, 1.807) is 0 Å². The summed E-state index contributed by atoms with van der Waals surface area (Å²) in [5.74, 6) is 0. The molecule has 0 amide bonds.